The standard InChI is InChI=1S/C21H14N2O5/c24-15-9-10-16(25)18-17(15)19(11-5-1-2-6-12(11)20(18)26)23-22-14-8-4-3-7-13(14)21(27)28/h1-10,24-26H,(H,27,28)/p-1. The highest BCUT2D eigenvalue weighted by atomic mass is 16.4. The van der Waals surface area contributed by atoms with Crippen molar-refractivity contribution in [2.75, 3.05) is 0 Å². The average molecular weight is 373 g/mol. The molecular weight excluding hydrogens is 360 g/mol. The fraction of sp³-hybridized carbons (Fsp3) is 0. The summed E-state index contributed by atoms with van der Waals surface area (Å²) in [5.41, 5.74) is 0.254. The number of rotatable bonds is 3. The quantitative estimate of drug-likeness (QED) is 0.275. The van der Waals surface area contributed by atoms with Gasteiger partial charge in [0, 0.05) is 10.8 Å². The Morgan fingerprint density at radius 2 is 1.39 bits per heavy atom. The Hall–Kier alpha value is -4.13. The summed E-state index contributed by atoms with van der Waals surface area (Å²) in [5.74, 6) is -2.12. The molecule has 0 aromatic heterocycles. The lowest BCUT2D eigenvalue weighted by Gasteiger charge is -2.18. The van der Waals surface area contributed by atoms with Crippen LogP contribution in [0.4, 0.5) is 11.4 Å². The van der Waals surface area contributed by atoms with Gasteiger partial charge in [-0.15, -0.1) is 10.2 Å². The number of aromatic hydroxyl groups is 2. The Morgan fingerprint density at radius 1 is 0.786 bits per heavy atom. The van der Waals surface area contributed by atoms with E-state index in [1.165, 1.54) is 24.3 Å². The van der Waals surface area contributed by atoms with Crippen LogP contribution in [-0.4, -0.2) is 21.3 Å². The molecule has 0 aliphatic heterocycles. The highest BCUT2D eigenvalue weighted by Gasteiger charge is 2.16. The number of hydrogen-bond donors (Lipinski definition) is 3. The molecule has 0 saturated heterocycles. The normalized spacial score (nSPS) is 11.4. The van der Waals surface area contributed by atoms with E-state index in [0.717, 1.165) is 0 Å². The van der Waals surface area contributed by atoms with Crippen LogP contribution in [0.15, 0.2) is 70.9 Å². The predicted octanol–water partition coefficient (Wildman–Crippen LogP) is 4.59. The van der Waals surface area contributed by atoms with Gasteiger partial charge in [-0.3, -0.25) is 0 Å². The number of fused-ring (bicyclic) bond motifs is 2. The van der Waals surface area contributed by atoms with E-state index in [1.54, 1.807) is 36.4 Å². The van der Waals surface area contributed by atoms with Gasteiger partial charge in [0.15, 0.2) is 0 Å². The van der Waals surface area contributed by atoms with Crippen LogP contribution in [0.3, 0.4) is 0 Å². The second-order valence-electron chi connectivity index (χ2n) is 6.10. The first-order valence-corrected chi connectivity index (χ1v) is 8.29. The Bertz CT molecular complexity index is 1280. The van der Waals surface area contributed by atoms with Crippen LogP contribution in [0, 0.1) is 0 Å². The van der Waals surface area contributed by atoms with Crippen LogP contribution in [0.2, 0.25) is 0 Å². The molecule has 7 heteroatoms. The minimum atomic E-state index is -1.15. The lowest BCUT2D eigenvalue weighted by molar-refractivity contribution is -0.263. The third kappa shape index (κ3) is 2.66. The molecule has 0 radical (unpaired) electrons. The van der Waals surface area contributed by atoms with E-state index in [4.69, 9.17) is 0 Å². The Morgan fingerprint density at radius 3 is 2.11 bits per heavy atom. The zero-order chi connectivity index (χ0) is 19.8. The van der Waals surface area contributed by atoms with Crippen molar-refractivity contribution in [2.24, 2.45) is 10.2 Å². The zero-order valence-electron chi connectivity index (χ0n) is 14.3. The monoisotopic (exact) mass is 373 g/mol. The molecule has 28 heavy (non-hydrogen) atoms. The highest BCUT2D eigenvalue weighted by molar-refractivity contribution is 6.17. The predicted molar refractivity (Wildman–Crippen MR) is 102 cm³/mol. The maximum atomic E-state index is 12.8. The van der Waals surface area contributed by atoms with E-state index >= 15 is 0 Å². The summed E-state index contributed by atoms with van der Waals surface area (Å²) >= 11 is 0. The van der Waals surface area contributed by atoms with Gasteiger partial charge < -0.3 is 20.4 Å². The van der Waals surface area contributed by atoms with Gasteiger partial charge in [0.2, 0.25) is 0 Å². The molecule has 7 nitrogen and oxygen atoms in total. The number of aromatic carboxylic acids is 1. The fourth-order valence-corrected chi connectivity index (χ4v) is 3.16. The van der Waals surface area contributed by atoms with Crippen molar-refractivity contribution in [1.29, 1.82) is 0 Å². The lowest BCUT2D eigenvalue weighted by atomic mass is 9.98. The third-order valence-electron chi connectivity index (χ3n) is 4.44. The minimum absolute atomic E-state index is 0.0348. The topological polar surface area (TPSA) is 126 Å². The number of azo groups is 1. The van der Waals surface area contributed by atoms with E-state index < -0.39 is 11.7 Å². The molecule has 0 aliphatic rings. The zero-order valence-corrected chi connectivity index (χ0v) is 14.3. The summed E-state index contributed by atoms with van der Waals surface area (Å²) in [6.45, 7) is 0. The molecule has 3 N–H and O–H groups in total. The maximum Gasteiger partial charge on any atom is 0.337 e. The first-order chi connectivity index (χ1) is 13.5. The van der Waals surface area contributed by atoms with Crippen molar-refractivity contribution in [2.45, 2.75) is 0 Å². The van der Waals surface area contributed by atoms with Gasteiger partial charge in [0.1, 0.15) is 22.9 Å². The second-order valence-corrected chi connectivity index (χ2v) is 6.10. The van der Waals surface area contributed by atoms with E-state index in [-0.39, 0.29) is 39.2 Å². The second kappa shape index (κ2) is 6.55. The molecule has 0 fully saturated rings. The number of nitrogens with zero attached hydrogens (tertiary/aromatic N) is 2. The lowest BCUT2D eigenvalue weighted by Crippen LogP contribution is -1.95. The van der Waals surface area contributed by atoms with Gasteiger partial charge in [-0.1, -0.05) is 42.1 Å². The van der Waals surface area contributed by atoms with Crippen LogP contribution in [0.1, 0.15) is 10.4 Å². The van der Waals surface area contributed by atoms with Crippen LogP contribution < -0.4 is 5.11 Å². The highest BCUT2D eigenvalue weighted by Crippen LogP contribution is 2.48. The summed E-state index contributed by atoms with van der Waals surface area (Å²) in [7, 11) is 0. The first kappa shape index (κ1) is 17.3. The molecule has 4 aromatic carbocycles. The fourth-order valence-electron chi connectivity index (χ4n) is 3.16. The summed E-state index contributed by atoms with van der Waals surface area (Å²) < 4.78 is 0. The molecule has 4 rings (SSSR count). The number of hydrogen-bond acceptors (Lipinski definition) is 6. The Kier molecular flexibility index (Phi) is 4.04. The van der Waals surface area contributed by atoms with Crippen molar-refractivity contribution >= 4 is 38.9 Å². The molecule has 0 spiro atoms. The van der Waals surface area contributed by atoms with Gasteiger partial charge in [0.25, 0.3) is 0 Å². The number of phenolic OH excluding ortho intramolecular Hbond substituents is 2. The van der Waals surface area contributed by atoms with Crippen molar-refractivity contribution < 1.29 is 25.2 Å². The van der Waals surface area contributed by atoms with Crippen LogP contribution in [0.25, 0.3) is 21.5 Å². The van der Waals surface area contributed by atoms with Gasteiger partial charge in [0.05, 0.1) is 10.9 Å². The minimum Gasteiger partial charge on any atom is -0.872 e. The summed E-state index contributed by atoms with van der Waals surface area (Å²) in [5, 5.41) is 51.6. The van der Waals surface area contributed by atoms with Crippen molar-refractivity contribution in [3.63, 3.8) is 0 Å². The van der Waals surface area contributed by atoms with E-state index in [1.807, 2.05) is 0 Å². The van der Waals surface area contributed by atoms with Gasteiger partial charge in [-0.2, -0.15) is 0 Å². The van der Waals surface area contributed by atoms with Crippen molar-refractivity contribution in [1.82, 2.24) is 0 Å². The number of phenols is 2. The van der Waals surface area contributed by atoms with Gasteiger partial charge >= 0.3 is 5.97 Å². The smallest absolute Gasteiger partial charge is 0.337 e. The molecule has 0 saturated carbocycles. The van der Waals surface area contributed by atoms with E-state index in [0.29, 0.717) is 10.8 Å². The molecule has 0 amide bonds. The van der Waals surface area contributed by atoms with E-state index in [2.05, 4.69) is 10.2 Å². The van der Waals surface area contributed by atoms with Gasteiger partial charge in [-0.05, 0) is 29.7 Å². The SMILES string of the molecule is O=C(O)c1ccccc1N=Nc1c2ccccc2c([O-])c2c(O)ccc(O)c12. The molecule has 138 valence electrons. The van der Waals surface area contributed by atoms with Crippen molar-refractivity contribution in [3.8, 4) is 17.2 Å². The number of carbonyl (C=O) groups is 1. The number of carboxylic acids is 1. The van der Waals surface area contributed by atoms with Crippen LogP contribution in [-0.2, 0) is 0 Å². The molecule has 0 aliphatic carbocycles. The molecule has 0 unspecified atom stereocenters. The van der Waals surface area contributed by atoms with Crippen LogP contribution in [0.5, 0.6) is 17.2 Å². The van der Waals surface area contributed by atoms with E-state index in [9.17, 15) is 25.2 Å². The maximum absolute atomic E-state index is 12.8. The molecule has 4 aromatic rings. The Balaban J connectivity index is 2.07. The molecule has 0 bridgehead atoms. The number of benzene rings is 4. The van der Waals surface area contributed by atoms with Crippen molar-refractivity contribution in [3.05, 3.63) is 66.2 Å². The summed E-state index contributed by atoms with van der Waals surface area (Å²) in [6.07, 6.45) is 0. The first-order valence-electron chi connectivity index (χ1n) is 8.29. The molecule has 0 heterocycles. The third-order valence-corrected chi connectivity index (χ3v) is 4.44. The van der Waals surface area contributed by atoms with Gasteiger partial charge in [-0.25, -0.2) is 4.79 Å². The Labute approximate surface area is 158 Å². The molecule has 0 atom stereocenters. The average Bonchev–Trinajstić information content (AvgIpc) is 2.70. The summed E-state index contributed by atoms with van der Waals surface area (Å²) in [4.78, 5) is 11.4. The number of carboxylic acid groups (broad SMARTS) is 1. The summed E-state index contributed by atoms with van der Waals surface area (Å²) in [6, 6.07) is 15.2. The largest absolute Gasteiger partial charge is 0.872 e. The molecular formula is C21H13N2O5-. The van der Waals surface area contributed by atoms with Crippen LogP contribution >= 0.6 is 0 Å².